The molecule has 0 bridgehead atoms. The van der Waals surface area contributed by atoms with Crippen molar-refractivity contribution in [1.82, 2.24) is 29.7 Å². The summed E-state index contributed by atoms with van der Waals surface area (Å²) in [5, 5.41) is 8.64. The molecule has 1 aliphatic heterocycles. The van der Waals surface area contributed by atoms with Gasteiger partial charge in [0.25, 0.3) is 0 Å². The van der Waals surface area contributed by atoms with Gasteiger partial charge in [0.1, 0.15) is 0 Å². The summed E-state index contributed by atoms with van der Waals surface area (Å²) in [6, 6.07) is 12.4. The lowest BCUT2D eigenvalue weighted by Crippen LogP contribution is -2.38. The highest BCUT2D eigenvalue weighted by Crippen LogP contribution is 2.32. The van der Waals surface area contributed by atoms with Crippen molar-refractivity contribution < 1.29 is 0 Å². The Kier molecular flexibility index (Phi) is 6.82. The molecule has 188 valence electrons. The van der Waals surface area contributed by atoms with Crippen LogP contribution in [0.1, 0.15) is 25.3 Å². The summed E-state index contributed by atoms with van der Waals surface area (Å²) >= 11 is 7.73. The van der Waals surface area contributed by atoms with Gasteiger partial charge < -0.3 is 15.4 Å². The van der Waals surface area contributed by atoms with E-state index >= 15 is 0 Å². The molecule has 3 N–H and O–H groups in total. The van der Waals surface area contributed by atoms with Gasteiger partial charge in [0.05, 0.1) is 22.4 Å². The Labute approximate surface area is 224 Å². The molecule has 8 nitrogen and oxygen atoms in total. The molecule has 10 heteroatoms. The predicted molar refractivity (Wildman–Crippen MR) is 151 cm³/mol. The van der Waals surface area contributed by atoms with E-state index in [0.717, 1.165) is 58.6 Å². The van der Waals surface area contributed by atoms with E-state index in [2.05, 4.69) is 53.8 Å². The third kappa shape index (κ3) is 4.94. The van der Waals surface area contributed by atoms with Gasteiger partial charge in [0.15, 0.2) is 11.5 Å². The summed E-state index contributed by atoms with van der Waals surface area (Å²) in [5.74, 6) is 1.36. The molecular weight excluding hydrogens is 504 g/mol. The molecule has 5 aromatic rings. The lowest BCUT2D eigenvalue weighted by atomic mass is 10.0. The maximum Gasteiger partial charge on any atom is 0.223 e. The summed E-state index contributed by atoms with van der Waals surface area (Å²) in [6.07, 6.45) is 10.7. The molecule has 0 amide bonds. The molecule has 2 aromatic carbocycles. The van der Waals surface area contributed by atoms with Crippen molar-refractivity contribution in [2.24, 2.45) is 0 Å². The van der Waals surface area contributed by atoms with Gasteiger partial charge in [0.2, 0.25) is 5.95 Å². The van der Waals surface area contributed by atoms with Crippen molar-refractivity contribution >= 4 is 51.9 Å². The number of rotatable bonds is 7. The third-order valence-corrected chi connectivity index (χ3v) is 7.90. The first-order valence-corrected chi connectivity index (χ1v) is 13.7. The smallest absolute Gasteiger partial charge is 0.223 e. The molecule has 4 heterocycles. The van der Waals surface area contributed by atoms with Gasteiger partial charge in [-0.05, 0) is 67.6 Å². The average molecular weight is 531 g/mol. The number of aryl methyl sites for hydroxylation is 1. The zero-order valence-electron chi connectivity index (χ0n) is 20.4. The number of nitrogens with zero attached hydrogens (tertiary/aromatic N) is 5. The summed E-state index contributed by atoms with van der Waals surface area (Å²) in [7, 11) is 0. The second-order valence-corrected chi connectivity index (χ2v) is 10.3. The molecule has 6 rings (SSSR count). The van der Waals surface area contributed by atoms with Crippen LogP contribution in [0.2, 0.25) is 5.02 Å². The number of piperidine rings is 1. The molecular formula is C27H27ClN8S. The van der Waals surface area contributed by atoms with Crippen molar-refractivity contribution in [2.45, 2.75) is 37.1 Å². The number of benzene rings is 2. The Bertz CT molecular complexity index is 1560. The molecule has 0 saturated carbocycles. The Balaban J connectivity index is 1.31. The Morgan fingerprint density at radius 2 is 2.08 bits per heavy atom. The Morgan fingerprint density at radius 3 is 2.92 bits per heavy atom. The molecule has 37 heavy (non-hydrogen) atoms. The van der Waals surface area contributed by atoms with Crippen LogP contribution in [0.5, 0.6) is 0 Å². The molecule has 0 spiro atoms. The van der Waals surface area contributed by atoms with E-state index in [1.54, 1.807) is 6.20 Å². The van der Waals surface area contributed by atoms with Gasteiger partial charge in [-0.2, -0.15) is 0 Å². The number of nitrogens with one attached hydrogen (secondary N) is 3. The number of hydrogen-bond donors (Lipinski definition) is 3. The molecule has 1 fully saturated rings. The monoisotopic (exact) mass is 530 g/mol. The van der Waals surface area contributed by atoms with Crippen LogP contribution in [0, 0.1) is 0 Å². The third-order valence-electron chi connectivity index (χ3n) is 6.59. The number of fused-ring (bicyclic) bond motifs is 2. The molecule has 1 aliphatic rings. The first-order valence-electron chi connectivity index (χ1n) is 12.5. The second kappa shape index (κ2) is 10.5. The maximum atomic E-state index is 6.31. The predicted octanol–water partition coefficient (Wildman–Crippen LogP) is 5.84. The van der Waals surface area contributed by atoms with Gasteiger partial charge in [-0.3, -0.25) is 4.40 Å². The number of hydrogen-bond acceptors (Lipinski definition) is 8. The highest BCUT2D eigenvalue weighted by molar-refractivity contribution is 8.00. The fraction of sp³-hybridized carbons (Fsp3) is 0.259. The highest BCUT2D eigenvalue weighted by Gasteiger charge is 2.16. The number of imidazole rings is 1. The van der Waals surface area contributed by atoms with Crippen LogP contribution < -0.4 is 15.4 Å². The maximum absolute atomic E-state index is 6.31. The fourth-order valence-electron chi connectivity index (χ4n) is 4.70. The quantitative estimate of drug-likeness (QED) is 0.226. The van der Waals surface area contributed by atoms with Crippen molar-refractivity contribution in [3.63, 3.8) is 0 Å². The molecule has 0 radical (unpaired) electrons. The standard InChI is InChI=1S/C27H27ClN8S/c1-2-17-12-18(13-19-14-32-27(34-24(17)19)33-20-6-5-9-29-15-20)22-16-31-26-25(30-10-11-36(22)26)35-37-23-8-4-3-7-21(23)28/h3-4,7-8,10-14,16,20,29H,2,5-6,9,15H2,1H3,(H,30,35)(H,32,33,34). The zero-order chi connectivity index (χ0) is 25.2. The van der Waals surface area contributed by atoms with Crippen LogP contribution in [0.25, 0.3) is 27.8 Å². The van der Waals surface area contributed by atoms with Crippen molar-refractivity contribution in [1.29, 1.82) is 0 Å². The van der Waals surface area contributed by atoms with Crippen molar-refractivity contribution in [2.75, 3.05) is 23.1 Å². The van der Waals surface area contributed by atoms with Crippen LogP contribution >= 0.6 is 23.5 Å². The number of halogens is 1. The largest absolute Gasteiger partial charge is 0.350 e. The van der Waals surface area contributed by atoms with E-state index < -0.39 is 0 Å². The van der Waals surface area contributed by atoms with E-state index in [0.29, 0.717) is 22.8 Å². The van der Waals surface area contributed by atoms with Crippen LogP contribution in [0.3, 0.4) is 0 Å². The first-order chi connectivity index (χ1) is 18.2. The molecule has 1 atom stereocenters. The van der Waals surface area contributed by atoms with E-state index in [1.807, 2.05) is 42.9 Å². The van der Waals surface area contributed by atoms with Gasteiger partial charge in [-0.15, -0.1) is 0 Å². The van der Waals surface area contributed by atoms with Crippen LogP contribution in [0.4, 0.5) is 11.8 Å². The van der Waals surface area contributed by atoms with E-state index in [4.69, 9.17) is 16.6 Å². The van der Waals surface area contributed by atoms with E-state index in [9.17, 15) is 0 Å². The fourth-order valence-corrected chi connectivity index (χ4v) is 5.61. The summed E-state index contributed by atoms with van der Waals surface area (Å²) in [4.78, 5) is 19.6. The van der Waals surface area contributed by atoms with E-state index in [1.165, 1.54) is 23.9 Å². The van der Waals surface area contributed by atoms with Gasteiger partial charge >= 0.3 is 0 Å². The van der Waals surface area contributed by atoms with Gasteiger partial charge in [0, 0.05) is 47.0 Å². The minimum atomic E-state index is 0.362. The van der Waals surface area contributed by atoms with Crippen LogP contribution in [-0.4, -0.2) is 43.5 Å². The Morgan fingerprint density at radius 1 is 1.16 bits per heavy atom. The van der Waals surface area contributed by atoms with Crippen LogP contribution in [0.15, 0.2) is 66.1 Å². The van der Waals surface area contributed by atoms with Crippen molar-refractivity contribution in [3.05, 3.63) is 71.8 Å². The van der Waals surface area contributed by atoms with Gasteiger partial charge in [-0.1, -0.05) is 30.7 Å². The average Bonchev–Trinajstić information content (AvgIpc) is 3.37. The summed E-state index contributed by atoms with van der Waals surface area (Å²) in [5.41, 5.74) is 4.95. The molecule has 1 unspecified atom stereocenters. The lowest BCUT2D eigenvalue weighted by Gasteiger charge is -2.23. The molecule has 3 aromatic heterocycles. The highest BCUT2D eigenvalue weighted by atomic mass is 35.5. The minimum absolute atomic E-state index is 0.362. The number of anilines is 2. The van der Waals surface area contributed by atoms with E-state index in [-0.39, 0.29) is 0 Å². The Hall–Kier alpha value is -3.40. The van der Waals surface area contributed by atoms with Gasteiger partial charge in [-0.25, -0.2) is 19.9 Å². The summed E-state index contributed by atoms with van der Waals surface area (Å²) in [6.45, 7) is 4.18. The normalized spacial score (nSPS) is 15.8. The van der Waals surface area contributed by atoms with Crippen LogP contribution in [-0.2, 0) is 6.42 Å². The SMILES string of the molecule is CCc1cc(-c2cnc3c(NSc4ccccc4Cl)nccn23)cc2cnc(NC3CCCNC3)nc12. The first kappa shape index (κ1) is 24.0. The van der Waals surface area contributed by atoms with Crippen molar-refractivity contribution in [3.8, 4) is 11.3 Å². The topological polar surface area (TPSA) is 92.1 Å². The lowest BCUT2D eigenvalue weighted by molar-refractivity contribution is 0.478. The molecule has 1 saturated heterocycles. The minimum Gasteiger partial charge on any atom is -0.350 e. The zero-order valence-corrected chi connectivity index (χ0v) is 22.0. The summed E-state index contributed by atoms with van der Waals surface area (Å²) < 4.78 is 5.36. The number of aromatic nitrogens is 5. The molecule has 0 aliphatic carbocycles. The second-order valence-electron chi connectivity index (χ2n) is 9.06.